The number of likely N-dealkylation sites (tertiary alicyclic amines) is 2. The summed E-state index contributed by atoms with van der Waals surface area (Å²) in [6.07, 6.45) is 4.90. The highest BCUT2D eigenvalue weighted by Crippen LogP contribution is 2.24. The number of benzene rings is 1. The van der Waals surface area contributed by atoms with Gasteiger partial charge in [-0.25, -0.2) is 9.18 Å². The van der Waals surface area contributed by atoms with E-state index >= 15 is 0 Å². The van der Waals surface area contributed by atoms with Gasteiger partial charge in [-0.3, -0.25) is 9.59 Å². The van der Waals surface area contributed by atoms with E-state index in [0.29, 0.717) is 38.3 Å². The Morgan fingerprint density at radius 1 is 1.06 bits per heavy atom. The molecule has 0 spiro atoms. The monoisotopic (exact) mass is 460 g/mol. The molecule has 0 radical (unpaired) electrons. The molecule has 2 unspecified atom stereocenters. The zero-order valence-corrected chi connectivity index (χ0v) is 19.8. The average Bonchev–Trinajstić information content (AvgIpc) is 2.82. The van der Waals surface area contributed by atoms with Gasteiger partial charge in [0.2, 0.25) is 11.8 Å². The van der Waals surface area contributed by atoms with E-state index in [-0.39, 0.29) is 30.1 Å². The molecular weight excluding hydrogens is 423 g/mol. The number of halogens is 1. The highest BCUT2D eigenvalue weighted by Gasteiger charge is 2.33. The summed E-state index contributed by atoms with van der Waals surface area (Å²) in [5, 5.41) is 5.53. The van der Waals surface area contributed by atoms with Gasteiger partial charge in [0, 0.05) is 38.6 Å². The second-order valence-electron chi connectivity index (χ2n) is 9.43. The number of urea groups is 1. The molecule has 4 amide bonds. The summed E-state index contributed by atoms with van der Waals surface area (Å²) in [5.41, 5.74) is 0.778. The van der Waals surface area contributed by atoms with Crippen LogP contribution in [-0.4, -0.2) is 59.9 Å². The van der Waals surface area contributed by atoms with Crippen molar-refractivity contribution >= 4 is 17.8 Å². The van der Waals surface area contributed by atoms with E-state index in [1.54, 1.807) is 17.0 Å². The maximum Gasteiger partial charge on any atom is 0.315 e. The van der Waals surface area contributed by atoms with Crippen LogP contribution in [0.25, 0.3) is 0 Å². The zero-order chi connectivity index (χ0) is 23.8. The van der Waals surface area contributed by atoms with Gasteiger partial charge in [0.25, 0.3) is 0 Å². The summed E-state index contributed by atoms with van der Waals surface area (Å²) in [4.78, 5) is 42.2. The lowest BCUT2D eigenvalue weighted by atomic mass is 9.92. The molecule has 2 heterocycles. The summed E-state index contributed by atoms with van der Waals surface area (Å²) in [5.74, 6) is 0.353. The Hall–Kier alpha value is -2.64. The molecule has 1 aromatic carbocycles. The number of carbonyl (C=O) groups is 3. The topological polar surface area (TPSA) is 81.8 Å². The van der Waals surface area contributed by atoms with E-state index in [1.807, 2.05) is 11.8 Å². The third kappa shape index (κ3) is 7.17. The van der Waals surface area contributed by atoms with Crippen LogP contribution in [0.2, 0.25) is 0 Å². The SMILES string of the molecule is CCCC(NC(=O)NCc1ccc(F)cc1)C(=O)N1CCC(C(=O)N2CCCC(C)C2)CC1. The van der Waals surface area contributed by atoms with E-state index in [4.69, 9.17) is 0 Å². The predicted octanol–water partition coefficient (Wildman–Crippen LogP) is 3.29. The van der Waals surface area contributed by atoms with Gasteiger partial charge >= 0.3 is 6.03 Å². The van der Waals surface area contributed by atoms with Gasteiger partial charge in [-0.15, -0.1) is 0 Å². The zero-order valence-electron chi connectivity index (χ0n) is 19.8. The van der Waals surface area contributed by atoms with E-state index in [2.05, 4.69) is 17.6 Å². The second kappa shape index (κ2) is 12.0. The van der Waals surface area contributed by atoms with Gasteiger partial charge in [0.15, 0.2) is 0 Å². The molecule has 0 saturated carbocycles. The van der Waals surface area contributed by atoms with Gasteiger partial charge < -0.3 is 20.4 Å². The number of hydrogen-bond donors (Lipinski definition) is 2. The van der Waals surface area contributed by atoms with Crippen LogP contribution in [-0.2, 0) is 16.1 Å². The van der Waals surface area contributed by atoms with Gasteiger partial charge in [-0.1, -0.05) is 32.4 Å². The molecule has 2 aliphatic rings. The Morgan fingerprint density at radius 2 is 1.76 bits per heavy atom. The van der Waals surface area contributed by atoms with Crippen molar-refractivity contribution in [1.29, 1.82) is 0 Å². The van der Waals surface area contributed by atoms with E-state index in [1.165, 1.54) is 18.6 Å². The minimum Gasteiger partial charge on any atom is -0.342 e. The fourth-order valence-corrected chi connectivity index (χ4v) is 4.75. The van der Waals surface area contributed by atoms with E-state index < -0.39 is 12.1 Å². The van der Waals surface area contributed by atoms with E-state index in [9.17, 15) is 18.8 Å². The summed E-state index contributed by atoms with van der Waals surface area (Å²) in [7, 11) is 0. The first-order valence-electron chi connectivity index (χ1n) is 12.2. The minimum atomic E-state index is -0.599. The number of rotatable bonds is 7. The van der Waals surface area contributed by atoms with Crippen molar-refractivity contribution in [2.75, 3.05) is 26.2 Å². The molecule has 0 bridgehead atoms. The Balaban J connectivity index is 1.47. The van der Waals surface area contributed by atoms with Gasteiger partial charge in [0.1, 0.15) is 11.9 Å². The molecule has 2 aliphatic heterocycles. The summed E-state index contributed by atoms with van der Waals surface area (Å²) in [6, 6.07) is 4.89. The minimum absolute atomic E-state index is 0.0176. The van der Waals surface area contributed by atoms with Crippen LogP contribution in [0.1, 0.15) is 57.9 Å². The van der Waals surface area contributed by atoms with Crippen molar-refractivity contribution in [1.82, 2.24) is 20.4 Å². The molecule has 0 aromatic heterocycles. The lowest BCUT2D eigenvalue weighted by molar-refractivity contribution is -0.142. The number of nitrogens with one attached hydrogen (secondary N) is 2. The van der Waals surface area contributed by atoms with Crippen molar-refractivity contribution in [2.24, 2.45) is 11.8 Å². The standard InChI is InChI=1S/C25H37FN4O3/c1-3-5-22(28-25(33)27-16-19-7-9-21(26)10-8-19)24(32)29-14-11-20(12-15-29)23(31)30-13-4-6-18(2)17-30/h7-10,18,20,22H,3-6,11-17H2,1-2H3,(H2,27,28,33). The van der Waals surface area contributed by atoms with Crippen molar-refractivity contribution in [3.05, 3.63) is 35.6 Å². The molecule has 2 atom stereocenters. The van der Waals surface area contributed by atoms with Crippen LogP contribution in [0, 0.1) is 17.7 Å². The third-order valence-corrected chi connectivity index (χ3v) is 6.67. The van der Waals surface area contributed by atoms with E-state index in [0.717, 1.165) is 31.5 Å². The maximum atomic E-state index is 13.1. The molecule has 7 nitrogen and oxygen atoms in total. The lowest BCUT2D eigenvalue weighted by Gasteiger charge is -2.38. The highest BCUT2D eigenvalue weighted by atomic mass is 19.1. The first kappa shape index (κ1) is 25.0. The number of piperidine rings is 2. The number of amides is 4. The number of hydrogen-bond acceptors (Lipinski definition) is 3. The largest absolute Gasteiger partial charge is 0.342 e. The second-order valence-corrected chi connectivity index (χ2v) is 9.43. The van der Waals surface area contributed by atoms with Gasteiger partial charge in [-0.2, -0.15) is 0 Å². The molecule has 8 heteroatoms. The normalized spacial score (nSPS) is 20.3. The Bertz CT molecular complexity index is 808. The van der Waals surface area contributed by atoms with Crippen LogP contribution < -0.4 is 10.6 Å². The molecule has 33 heavy (non-hydrogen) atoms. The predicted molar refractivity (Wildman–Crippen MR) is 125 cm³/mol. The first-order valence-corrected chi connectivity index (χ1v) is 12.2. The molecule has 0 aliphatic carbocycles. The average molecular weight is 461 g/mol. The van der Waals surface area contributed by atoms with Gasteiger partial charge in [-0.05, 0) is 55.7 Å². The van der Waals surface area contributed by atoms with Gasteiger partial charge in [0.05, 0.1) is 0 Å². The summed E-state index contributed by atoms with van der Waals surface area (Å²) < 4.78 is 13.0. The lowest BCUT2D eigenvalue weighted by Crippen LogP contribution is -2.53. The first-order chi connectivity index (χ1) is 15.9. The summed E-state index contributed by atoms with van der Waals surface area (Å²) in [6.45, 7) is 7.18. The molecule has 2 fully saturated rings. The van der Waals surface area contributed by atoms with Crippen molar-refractivity contribution < 1.29 is 18.8 Å². The van der Waals surface area contributed by atoms with Crippen LogP contribution in [0.5, 0.6) is 0 Å². The van der Waals surface area contributed by atoms with Crippen LogP contribution in [0.4, 0.5) is 9.18 Å². The molecule has 2 N–H and O–H groups in total. The van der Waals surface area contributed by atoms with Crippen molar-refractivity contribution in [2.45, 2.75) is 65.0 Å². The third-order valence-electron chi connectivity index (χ3n) is 6.67. The van der Waals surface area contributed by atoms with Crippen LogP contribution in [0.15, 0.2) is 24.3 Å². The number of nitrogens with zero attached hydrogens (tertiary/aromatic N) is 2. The summed E-state index contributed by atoms with van der Waals surface area (Å²) >= 11 is 0. The maximum absolute atomic E-state index is 13.1. The van der Waals surface area contributed by atoms with Crippen molar-refractivity contribution in [3.8, 4) is 0 Å². The van der Waals surface area contributed by atoms with Crippen LogP contribution >= 0.6 is 0 Å². The fourth-order valence-electron chi connectivity index (χ4n) is 4.75. The number of carbonyl (C=O) groups excluding carboxylic acids is 3. The molecule has 2 saturated heterocycles. The highest BCUT2D eigenvalue weighted by molar-refractivity contribution is 5.87. The Labute approximate surface area is 196 Å². The van der Waals surface area contributed by atoms with Crippen LogP contribution in [0.3, 0.4) is 0 Å². The fraction of sp³-hybridized carbons (Fsp3) is 0.640. The quantitative estimate of drug-likeness (QED) is 0.655. The Morgan fingerprint density at radius 3 is 2.39 bits per heavy atom. The molecule has 1 aromatic rings. The smallest absolute Gasteiger partial charge is 0.315 e. The molecule has 3 rings (SSSR count). The molecule has 182 valence electrons. The van der Waals surface area contributed by atoms with Crippen molar-refractivity contribution in [3.63, 3.8) is 0 Å². The Kier molecular flexibility index (Phi) is 9.09. The molecular formula is C25H37FN4O3.